The molecule has 1 rings (SSSR count). The number of nitrogens with one attached hydrogen (secondary N) is 1. The predicted octanol–water partition coefficient (Wildman–Crippen LogP) is 0.465. The molecule has 0 saturated carbocycles. The van der Waals surface area contributed by atoms with Crippen LogP contribution in [0.5, 0.6) is 0 Å². The zero-order valence-electron chi connectivity index (χ0n) is 5.37. The predicted molar refractivity (Wildman–Crippen MR) is 37.6 cm³/mol. The van der Waals surface area contributed by atoms with Gasteiger partial charge in [0.15, 0.2) is 0 Å². The Morgan fingerprint density at radius 2 is 2.40 bits per heavy atom. The Balaban J connectivity index is 0.000000810. The molecular formula is C5H10ClNO3. The van der Waals surface area contributed by atoms with Gasteiger partial charge in [0.1, 0.15) is 0 Å². The van der Waals surface area contributed by atoms with Crippen molar-refractivity contribution in [3.63, 3.8) is 0 Å². The van der Waals surface area contributed by atoms with Crippen molar-refractivity contribution in [2.24, 2.45) is 0 Å². The van der Waals surface area contributed by atoms with Crippen LogP contribution in [0.4, 0.5) is 4.79 Å². The molecule has 1 aliphatic heterocycles. The first-order valence-electron chi connectivity index (χ1n) is 2.86. The van der Waals surface area contributed by atoms with E-state index in [0.717, 1.165) is 6.42 Å². The fraction of sp³-hybridized carbons (Fsp3) is 0.800. The lowest BCUT2D eigenvalue weighted by molar-refractivity contribution is 0.175. The van der Waals surface area contributed by atoms with Gasteiger partial charge in [-0.1, -0.05) is 0 Å². The Labute approximate surface area is 65.0 Å². The molecule has 0 radical (unpaired) electrons. The highest BCUT2D eigenvalue weighted by Gasteiger charge is 2.16. The average molecular weight is 168 g/mol. The molecule has 60 valence electrons. The Morgan fingerprint density at radius 3 is 2.80 bits per heavy atom. The van der Waals surface area contributed by atoms with Gasteiger partial charge in [0.05, 0.1) is 12.6 Å². The molecule has 1 heterocycles. The average Bonchev–Trinajstić information content (AvgIpc) is 2.15. The van der Waals surface area contributed by atoms with E-state index in [2.05, 4.69) is 5.32 Å². The van der Waals surface area contributed by atoms with E-state index in [0.29, 0.717) is 13.2 Å². The summed E-state index contributed by atoms with van der Waals surface area (Å²) >= 11 is 0. The molecule has 0 aromatic rings. The molecule has 0 unspecified atom stereocenters. The number of carbonyl (C=O) groups is 1. The normalized spacial score (nSPS) is 23.4. The first-order valence-corrected chi connectivity index (χ1v) is 2.86. The molecule has 1 saturated heterocycles. The Hall–Kier alpha value is -0.480. The summed E-state index contributed by atoms with van der Waals surface area (Å²) in [5.74, 6) is 0. The summed E-state index contributed by atoms with van der Waals surface area (Å²) in [6.45, 7) is 1.19. The zero-order chi connectivity index (χ0) is 6.69. The van der Waals surface area contributed by atoms with Crippen molar-refractivity contribution < 1.29 is 14.6 Å². The van der Waals surface area contributed by atoms with Crippen LogP contribution in [0.15, 0.2) is 0 Å². The molecule has 1 aliphatic rings. The van der Waals surface area contributed by atoms with Gasteiger partial charge in [-0.25, -0.2) is 4.79 Å². The maximum absolute atomic E-state index is 9.99. The molecule has 4 nitrogen and oxygen atoms in total. The first-order chi connectivity index (χ1) is 4.29. The summed E-state index contributed by atoms with van der Waals surface area (Å²) in [7, 11) is 0. The topological polar surface area (TPSA) is 58.6 Å². The maximum Gasteiger partial charge on any atom is 0.404 e. The highest BCUT2D eigenvalue weighted by molar-refractivity contribution is 5.85. The summed E-state index contributed by atoms with van der Waals surface area (Å²) < 4.78 is 4.93. The van der Waals surface area contributed by atoms with Gasteiger partial charge in [-0.3, -0.25) is 0 Å². The van der Waals surface area contributed by atoms with Crippen LogP contribution in [0.25, 0.3) is 0 Å². The van der Waals surface area contributed by atoms with E-state index in [1.165, 1.54) is 0 Å². The smallest absolute Gasteiger partial charge is 0.404 e. The van der Waals surface area contributed by atoms with E-state index >= 15 is 0 Å². The maximum atomic E-state index is 9.99. The van der Waals surface area contributed by atoms with Crippen molar-refractivity contribution in [1.82, 2.24) is 5.32 Å². The number of amides is 1. The second-order valence-electron chi connectivity index (χ2n) is 2.01. The van der Waals surface area contributed by atoms with Gasteiger partial charge in [-0.05, 0) is 6.42 Å². The van der Waals surface area contributed by atoms with Gasteiger partial charge < -0.3 is 15.2 Å². The van der Waals surface area contributed by atoms with E-state index in [1.54, 1.807) is 0 Å². The number of halogens is 1. The number of carboxylic acid groups (broad SMARTS) is 1. The summed E-state index contributed by atoms with van der Waals surface area (Å²) in [5.41, 5.74) is 0. The first kappa shape index (κ1) is 9.52. The Kier molecular flexibility index (Phi) is 4.14. The molecule has 0 aromatic carbocycles. The molecule has 1 fully saturated rings. The lowest BCUT2D eigenvalue weighted by Crippen LogP contribution is -2.33. The molecule has 0 spiro atoms. The summed E-state index contributed by atoms with van der Waals surface area (Å²) in [5, 5.41) is 10.5. The van der Waals surface area contributed by atoms with Gasteiger partial charge in [0.25, 0.3) is 0 Å². The Bertz CT molecular complexity index is 113. The van der Waals surface area contributed by atoms with Crippen LogP contribution in [-0.2, 0) is 4.74 Å². The van der Waals surface area contributed by atoms with Crippen LogP contribution in [0.3, 0.4) is 0 Å². The SMILES string of the molecule is Cl.O=C(O)N[C@@H]1CCOC1. The van der Waals surface area contributed by atoms with Crippen molar-refractivity contribution in [2.75, 3.05) is 13.2 Å². The minimum Gasteiger partial charge on any atom is -0.465 e. The van der Waals surface area contributed by atoms with E-state index in [9.17, 15) is 4.79 Å². The molecule has 10 heavy (non-hydrogen) atoms. The van der Waals surface area contributed by atoms with Crippen LogP contribution >= 0.6 is 12.4 Å². The highest BCUT2D eigenvalue weighted by atomic mass is 35.5. The summed E-state index contributed by atoms with van der Waals surface area (Å²) in [4.78, 5) is 9.99. The fourth-order valence-corrected chi connectivity index (χ4v) is 0.823. The lowest BCUT2D eigenvalue weighted by atomic mass is 10.3. The highest BCUT2D eigenvalue weighted by Crippen LogP contribution is 2.02. The van der Waals surface area contributed by atoms with Gasteiger partial charge in [-0.15, -0.1) is 12.4 Å². The lowest BCUT2D eigenvalue weighted by Gasteiger charge is -2.04. The van der Waals surface area contributed by atoms with E-state index in [1.807, 2.05) is 0 Å². The largest absolute Gasteiger partial charge is 0.465 e. The van der Waals surface area contributed by atoms with E-state index in [4.69, 9.17) is 9.84 Å². The molecule has 5 heteroatoms. The zero-order valence-corrected chi connectivity index (χ0v) is 6.19. The number of hydrogen-bond donors (Lipinski definition) is 2. The number of rotatable bonds is 1. The van der Waals surface area contributed by atoms with Gasteiger partial charge in [0.2, 0.25) is 0 Å². The van der Waals surface area contributed by atoms with Crippen molar-refractivity contribution in [2.45, 2.75) is 12.5 Å². The second kappa shape index (κ2) is 4.35. The molecule has 2 N–H and O–H groups in total. The van der Waals surface area contributed by atoms with E-state index < -0.39 is 6.09 Å². The Morgan fingerprint density at radius 1 is 1.70 bits per heavy atom. The van der Waals surface area contributed by atoms with E-state index in [-0.39, 0.29) is 18.4 Å². The molecular weight excluding hydrogens is 158 g/mol. The standard InChI is InChI=1S/C5H9NO3.ClH/c7-5(8)6-4-1-2-9-3-4;/h4,6H,1-3H2,(H,7,8);1H/t4-;/m1./s1. The monoisotopic (exact) mass is 167 g/mol. The molecule has 0 aliphatic carbocycles. The third kappa shape index (κ3) is 2.89. The van der Waals surface area contributed by atoms with Crippen molar-refractivity contribution >= 4 is 18.5 Å². The second-order valence-corrected chi connectivity index (χ2v) is 2.01. The van der Waals surface area contributed by atoms with Crippen LogP contribution in [0.1, 0.15) is 6.42 Å². The third-order valence-electron chi connectivity index (χ3n) is 1.26. The molecule has 0 bridgehead atoms. The van der Waals surface area contributed by atoms with Crippen molar-refractivity contribution in [1.29, 1.82) is 0 Å². The van der Waals surface area contributed by atoms with Crippen LogP contribution in [-0.4, -0.2) is 30.5 Å². The number of ether oxygens (including phenoxy) is 1. The number of hydrogen-bond acceptors (Lipinski definition) is 2. The van der Waals surface area contributed by atoms with Crippen LogP contribution < -0.4 is 5.32 Å². The van der Waals surface area contributed by atoms with Gasteiger partial charge >= 0.3 is 6.09 Å². The van der Waals surface area contributed by atoms with Crippen molar-refractivity contribution in [3.05, 3.63) is 0 Å². The fourth-order valence-electron chi connectivity index (χ4n) is 0.823. The molecule has 0 aromatic heterocycles. The van der Waals surface area contributed by atoms with Crippen LogP contribution in [0.2, 0.25) is 0 Å². The summed E-state index contributed by atoms with van der Waals surface area (Å²) in [6.07, 6.45) is -0.169. The summed E-state index contributed by atoms with van der Waals surface area (Å²) in [6, 6.07) is 0.0162. The van der Waals surface area contributed by atoms with Gasteiger partial charge in [0, 0.05) is 6.61 Å². The minimum absolute atomic E-state index is 0. The molecule has 1 atom stereocenters. The third-order valence-corrected chi connectivity index (χ3v) is 1.26. The van der Waals surface area contributed by atoms with Crippen molar-refractivity contribution in [3.8, 4) is 0 Å². The van der Waals surface area contributed by atoms with Crippen LogP contribution in [0, 0.1) is 0 Å². The van der Waals surface area contributed by atoms with Gasteiger partial charge in [-0.2, -0.15) is 0 Å². The molecule has 1 amide bonds. The quantitative estimate of drug-likeness (QED) is 0.597. The minimum atomic E-state index is -0.967.